The first kappa shape index (κ1) is 10.5. The van der Waals surface area contributed by atoms with E-state index in [1.165, 1.54) is 12.0 Å². The fourth-order valence-electron chi connectivity index (χ4n) is 2.14. The standard InChI is InChI=1S/C13H15N3O/c1-2-5-10(6-3-1)9-12-15-16-13(17-12)11-7-4-8-14-11/h1-3,5-6,11,14H,4,7-9H2. The first-order valence-electron chi connectivity index (χ1n) is 6.01. The van der Waals surface area contributed by atoms with Crippen molar-refractivity contribution in [2.75, 3.05) is 6.54 Å². The van der Waals surface area contributed by atoms with Gasteiger partial charge in [-0.2, -0.15) is 0 Å². The third-order valence-corrected chi connectivity index (χ3v) is 3.04. The van der Waals surface area contributed by atoms with E-state index in [2.05, 4.69) is 27.6 Å². The van der Waals surface area contributed by atoms with E-state index in [1.54, 1.807) is 0 Å². The summed E-state index contributed by atoms with van der Waals surface area (Å²) in [7, 11) is 0. The molecule has 1 aliphatic rings. The lowest BCUT2D eigenvalue weighted by Crippen LogP contribution is -2.12. The molecule has 4 heteroatoms. The SMILES string of the molecule is c1ccc(Cc2nnc(C3CCCN3)o2)cc1. The molecule has 17 heavy (non-hydrogen) atoms. The molecule has 0 amide bonds. The molecular weight excluding hydrogens is 214 g/mol. The predicted molar refractivity (Wildman–Crippen MR) is 63.5 cm³/mol. The Kier molecular flexibility index (Phi) is 2.88. The average Bonchev–Trinajstić information content (AvgIpc) is 3.00. The number of benzene rings is 1. The van der Waals surface area contributed by atoms with Gasteiger partial charge in [0.1, 0.15) is 0 Å². The summed E-state index contributed by atoms with van der Waals surface area (Å²) in [5, 5.41) is 11.6. The Bertz CT molecular complexity index is 474. The minimum Gasteiger partial charge on any atom is -0.423 e. The Hall–Kier alpha value is -1.68. The summed E-state index contributed by atoms with van der Waals surface area (Å²) in [5.41, 5.74) is 1.20. The van der Waals surface area contributed by atoms with Crippen LogP contribution in [0, 0.1) is 0 Å². The van der Waals surface area contributed by atoms with Crippen LogP contribution in [-0.2, 0) is 6.42 Å². The maximum absolute atomic E-state index is 5.69. The van der Waals surface area contributed by atoms with Crippen molar-refractivity contribution in [3.05, 3.63) is 47.7 Å². The Balaban J connectivity index is 1.72. The average molecular weight is 229 g/mol. The minimum atomic E-state index is 0.257. The highest BCUT2D eigenvalue weighted by atomic mass is 16.4. The topological polar surface area (TPSA) is 51.0 Å². The first-order valence-corrected chi connectivity index (χ1v) is 6.01. The molecule has 3 rings (SSSR count). The second kappa shape index (κ2) is 4.67. The van der Waals surface area contributed by atoms with Crippen molar-refractivity contribution in [3.63, 3.8) is 0 Å². The van der Waals surface area contributed by atoms with E-state index < -0.39 is 0 Å². The van der Waals surface area contributed by atoms with Crippen LogP contribution in [0.2, 0.25) is 0 Å². The van der Waals surface area contributed by atoms with Crippen LogP contribution in [0.15, 0.2) is 34.7 Å². The number of aromatic nitrogens is 2. The van der Waals surface area contributed by atoms with E-state index >= 15 is 0 Å². The molecule has 1 fully saturated rings. The van der Waals surface area contributed by atoms with E-state index in [1.807, 2.05) is 18.2 Å². The first-order chi connectivity index (χ1) is 8.42. The summed E-state index contributed by atoms with van der Waals surface area (Å²) < 4.78 is 5.69. The van der Waals surface area contributed by atoms with Gasteiger partial charge in [0.15, 0.2) is 0 Å². The largest absolute Gasteiger partial charge is 0.423 e. The minimum absolute atomic E-state index is 0.257. The molecule has 1 saturated heterocycles. The van der Waals surface area contributed by atoms with Crippen LogP contribution in [-0.4, -0.2) is 16.7 Å². The van der Waals surface area contributed by atoms with Crippen molar-refractivity contribution >= 4 is 0 Å². The van der Waals surface area contributed by atoms with E-state index in [0.29, 0.717) is 12.3 Å². The Morgan fingerprint density at radius 2 is 2.12 bits per heavy atom. The number of hydrogen-bond donors (Lipinski definition) is 1. The fourth-order valence-corrected chi connectivity index (χ4v) is 2.14. The highest BCUT2D eigenvalue weighted by Gasteiger charge is 2.21. The highest BCUT2D eigenvalue weighted by Crippen LogP contribution is 2.22. The van der Waals surface area contributed by atoms with E-state index in [0.717, 1.165) is 18.9 Å². The molecule has 4 nitrogen and oxygen atoms in total. The molecule has 1 atom stereocenters. The molecular formula is C13H15N3O. The van der Waals surface area contributed by atoms with Gasteiger partial charge in [-0.3, -0.25) is 0 Å². The van der Waals surface area contributed by atoms with Crippen molar-refractivity contribution < 1.29 is 4.42 Å². The van der Waals surface area contributed by atoms with Crippen molar-refractivity contribution in [3.8, 4) is 0 Å². The predicted octanol–water partition coefficient (Wildman–Crippen LogP) is 2.08. The summed E-state index contributed by atoms with van der Waals surface area (Å²) in [5.74, 6) is 1.42. The van der Waals surface area contributed by atoms with E-state index in [4.69, 9.17) is 4.42 Å². The Morgan fingerprint density at radius 1 is 1.24 bits per heavy atom. The normalized spacial score (nSPS) is 19.6. The molecule has 2 heterocycles. The van der Waals surface area contributed by atoms with Gasteiger partial charge >= 0.3 is 0 Å². The lowest BCUT2D eigenvalue weighted by Gasteiger charge is -2.02. The van der Waals surface area contributed by atoms with E-state index in [9.17, 15) is 0 Å². The zero-order valence-electron chi connectivity index (χ0n) is 9.60. The van der Waals surface area contributed by atoms with Crippen LogP contribution in [0.4, 0.5) is 0 Å². The lowest BCUT2D eigenvalue weighted by molar-refractivity contribution is 0.407. The van der Waals surface area contributed by atoms with Gasteiger partial charge in [-0.15, -0.1) is 10.2 Å². The maximum atomic E-state index is 5.69. The van der Waals surface area contributed by atoms with Crippen LogP contribution >= 0.6 is 0 Å². The van der Waals surface area contributed by atoms with Crippen LogP contribution in [0.25, 0.3) is 0 Å². The molecule has 0 radical (unpaired) electrons. The summed E-state index contributed by atoms with van der Waals surface area (Å²) in [6.45, 7) is 1.04. The number of rotatable bonds is 3. The lowest BCUT2D eigenvalue weighted by atomic mass is 10.1. The smallest absolute Gasteiger partial charge is 0.233 e. The zero-order chi connectivity index (χ0) is 11.5. The second-order valence-corrected chi connectivity index (χ2v) is 4.35. The van der Waals surface area contributed by atoms with Gasteiger partial charge in [0.2, 0.25) is 11.8 Å². The maximum Gasteiger partial charge on any atom is 0.233 e. The van der Waals surface area contributed by atoms with Crippen molar-refractivity contribution in [1.29, 1.82) is 0 Å². The third-order valence-electron chi connectivity index (χ3n) is 3.04. The molecule has 0 aliphatic carbocycles. The molecule has 2 aromatic rings. The van der Waals surface area contributed by atoms with Crippen molar-refractivity contribution in [2.24, 2.45) is 0 Å². The van der Waals surface area contributed by atoms with Gasteiger partial charge in [-0.25, -0.2) is 0 Å². The van der Waals surface area contributed by atoms with E-state index in [-0.39, 0.29) is 6.04 Å². The summed E-state index contributed by atoms with van der Waals surface area (Å²) in [4.78, 5) is 0. The zero-order valence-corrected chi connectivity index (χ0v) is 9.60. The molecule has 1 aliphatic heterocycles. The molecule has 1 unspecified atom stereocenters. The third kappa shape index (κ3) is 2.36. The Labute approximate surface area is 100 Å². The number of hydrogen-bond acceptors (Lipinski definition) is 4. The van der Waals surface area contributed by atoms with Crippen LogP contribution in [0.5, 0.6) is 0 Å². The van der Waals surface area contributed by atoms with Crippen LogP contribution in [0.1, 0.15) is 36.2 Å². The summed E-state index contributed by atoms with van der Waals surface area (Å²) in [6.07, 6.45) is 2.98. The molecule has 1 aromatic heterocycles. The Morgan fingerprint density at radius 3 is 2.88 bits per heavy atom. The van der Waals surface area contributed by atoms with Gasteiger partial charge in [0, 0.05) is 0 Å². The highest BCUT2D eigenvalue weighted by molar-refractivity contribution is 5.17. The van der Waals surface area contributed by atoms with Gasteiger partial charge < -0.3 is 9.73 Å². The summed E-state index contributed by atoms with van der Waals surface area (Å²) in [6, 6.07) is 10.4. The quantitative estimate of drug-likeness (QED) is 0.875. The second-order valence-electron chi connectivity index (χ2n) is 4.35. The molecule has 1 aromatic carbocycles. The van der Waals surface area contributed by atoms with Crippen molar-refractivity contribution in [1.82, 2.24) is 15.5 Å². The summed E-state index contributed by atoms with van der Waals surface area (Å²) >= 11 is 0. The monoisotopic (exact) mass is 229 g/mol. The van der Waals surface area contributed by atoms with Gasteiger partial charge in [0.05, 0.1) is 12.5 Å². The van der Waals surface area contributed by atoms with Gasteiger partial charge in [0.25, 0.3) is 0 Å². The van der Waals surface area contributed by atoms with Crippen LogP contribution in [0.3, 0.4) is 0 Å². The molecule has 0 saturated carbocycles. The molecule has 88 valence electrons. The van der Waals surface area contributed by atoms with Gasteiger partial charge in [-0.1, -0.05) is 30.3 Å². The molecule has 0 spiro atoms. The number of nitrogens with one attached hydrogen (secondary N) is 1. The van der Waals surface area contributed by atoms with Crippen molar-refractivity contribution in [2.45, 2.75) is 25.3 Å². The molecule has 0 bridgehead atoms. The fraction of sp³-hybridized carbons (Fsp3) is 0.385. The van der Waals surface area contributed by atoms with Crippen LogP contribution < -0.4 is 5.32 Å². The number of nitrogens with zero attached hydrogens (tertiary/aromatic N) is 2. The molecule has 1 N–H and O–H groups in total. The van der Waals surface area contributed by atoms with Gasteiger partial charge in [-0.05, 0) is 24.9 Å².